The Hall–Kier alpha value is 0.360. The van der Waals surface area contributed by atoms with Gasteiger partial charge in [0.1, 0.15) is 24.2 Å². The summed E-state index contributed by atoms with van der Waals surface area (Å²) in [4.78, 5) is 0. The van der Waals surface area contributed by atoms with E-state index in [4.69, 9.17) is 9.47 Å². The van der Waals surface area contributed by atoms with Gasteiger partial charge in [-0.25, -0.2) is 0 Å². The van der Waals surface area contributed by atoms with Crippen LogP contribution in [0.3, 0.4) is 0 Å². The van der Waals surface area contributed by atoms with Crippen LogP contribution in [0.2, 0.25) is 0 Å². The van der Waals surface area contributed by atoms with Crippen LogP contribution in [-0.2, 0) is 20.4 Å². The molecule has 0 aromatic carbocycles. The molecule has 0 aliphatic carbocycles. The van der Waals surface area contributed by atoms with Crippen LogP contribution in [0.4, 0.5) is 0 Å². The molecular formula is C10H17O2S2+. The second-order valence-corrected chi connectivity index (χ2v) is 7.29. The van der Waals surface area contributed by atoms with E-state index in [9.17, 15) is 0 Å². The van der Waals surface area contributed by atoms with Crippen LogP contribution in [0, 0.1) is 0 Å². The molecule has 0 spiro atoms. The van der Waals surface area contributed by atoms with Crippen LogP contribution in [0.25, 0.3) is 0 Å². The van der Waals surface area contributed by atoms with Crippen LogP contribution in [0.1, 0.15) is 13.8 Å². The van der Waals surface area contributed by atoms with Gasteiger partial charge in [0.25, 0.3) is 0 Å². The second kappa shape index (κ2) is 3.74. The molecule has 0 amide bonds. The monoisotopic (exact) mass is 233 g/mol. The van der Waals surface area contributed by atoms with Gasteiger partial charge in [0.05, 0.1) is 0 Å². The first-order chi connectivity index (χ1) is 6.52. The van der Waals surface area contributed by atoms with Crippen LogP contribution >= 0.6 is 11.8 Å². The van der Waals surface area contributed by atoms with Crippen LogP contribution in [0.15, 0.2) is 10.3 Å². The van der Waals surface area contributed by atoms with Gasteiger partial charge in [-0.05, 0) is 20.1 Å². The summed E-state index contributed by atoms with van der Waals surface area (Å²) in [7, 11) is 0.347. The maximum atomic E-state index is 5.85. The lowest BCUT2D eigenvalue weighted by atomic mass is 10.2. The smallest absolute Gasteiger partial charge is 0.186 e. The quantitative estimate of drug-likeness (QED) is 0.645. The molecule has 1 fully saturated rings. The Morgan fingerprint density at radius 1 is 1.50 bits per heavy atom. The van der Waals surface area contributed by atoms with E-state index >= 15 is 0 Å². The van der Waals surface area contributed by atoms with Crippen molar-refractivity contribution in [2.24, 2.45) is 0 Å². The van der Waals surface area contributed by atoms with Gasteiger partial charge in [0, 0.05) is 17.0 Å². The molecule has 1 unspecified atom stereocenters. The first-order valence-electron chi connectivity index (χ1n) is 4.76. The molecule has 0 saturated carbocycles. The molecule has 2 rings (SSSR count). The van der Waals surface area contributed by atoms with E-state index in [0.717, 1.165) is 5.75 Å². The summed E-state index contributed by atoms with van der Waals surface area (Å²) < 4.78 is 13.1. The predicted molar refractivity (Wildman–Crippen MR) is 63.6 cm³/mol. The molecule has 2 heterocycles. The average Bonchev–Trinajstić information content (AvgIpc) is 2.36. The van der Waals surface area contributed by atoms with E-state index in [2.05, 4.69) is 18.6 Å². The van der Waals surface area contributed by atoms with Gasteiger partial charge in [-0.3, -0.25) is 0 Å². The highest BCUT2D eigenvalue weighted by Crippen LogP contribution is 2.37. The maximum Gasteiger partial charge on any atom is 0.186 e. The fraction of sp³-hybridized carbons (Fsp3) is 0.800. The fourth-order valence-electron chi connectivity index (χ4n) is 1.92. The molecule has 0 bridgehead atoms. The summed E-state index contributed by atoms with van der Waals surface area (Å²) in [6.07, 6.45) is 7.12. The standard InChI is InChI=1S/C10H17O2S2/c1-10(2)11-7-5-9(13-3)14(4)6-8(7)12-10/h5,7-8H,6H2,1-4H3/q+1/t7-,8+,14?/m0/s1. The topological polar surface area (TPSA) is 18.5 Å². The van der Waals surface area contributed by atoms with Crippen molar-refractivity contribution in [3.63, 3.8) is 0 Å². The summed E-state index contributed by atoms with van der Waals surface area (Å²) in [6.45, 7) is 3.98. The van der Waals surface area contributed by atoms with E-state index in [1.165, 1.54) is 4.24 Å². The van der Waals surface area contributed by atoms with Gasteiger partial charge >= 0.3 is 0 Å². The summed E-state index contributed by atoms with van der Waals surface area (Å²) in [5.41, 5.74) is 0. The third-order valence-electron chi connectivity index (χ3n) is 2.48. The lowest BCUT2D eigenvalue weighted by molar-refractivity contribution is -0.140. The largest absolute Gasteiger partial charge is 0.340 e. The van der Waals surface area contributed by atoms with Gasteiger partial charge in [0.15, 0.2) is 10.0 Å². The number of rotatable bonds is 1. The first kappa shape index (κ1) is 10.9. The van der Waals surface area contributed by atoms with Crippen LogP contribution in [-0.4, -0.2) is 36.3 Å². The molecule has 80 valence electrons. The minimum Gasteiger partial charge on any atom is -0.340 e. The van der Waals surface area contributed by atoms with Gasteiger partial charge in [-0.2, -0.15) is 0 Å². The summed E-state index contributed by atoms with van der Waals surface area (Å²) >= 11 is 1.84. The van der Waals surface area contributed by atoms with Crippen molar-refractivity contribution in [3.8, 4) is 0 Å². The zero-order chi connectivity index (χ0) is 10.3. The van der Waals surface area contributed by atoms with Gasteiger partial charge < -0.3 is 9.47 Å². The number of fused-ring (bicyclic) bond motifs is 1. The molecule has 0 aromatic heterocycles. The zero-order valence-corrected chi connectivity index (χ0v) is 10.7. The molecule has 0 radical (unpaired) electrons. The SMILES string of the molecule is CSC1=C[C@@H]2OC(C)(C)O[C@@H]2C[S+]1C. The second-order valence-electron chi connectivity index (χ2n) is 4.13. The number of hydrogen-bond donors (Lipinski definition) is 0. The lowest BCUT2D eigenvalue weighted by Gasteiger charge is -2.19. The fourth-order valence-corrected chi connectivity index (χ4v) is 4.82. The van der Waals surface area contributed by atoms with Crippen molar-refractivity contribution < 1.29 is 9.47 Å². The van der Waals surface area contributed by atoms with Crippen LogP contribution < -0.4 is 0 Å². The Morgan fingerprint density at radius 3 is 2.86 bits per heavy atom. The number of ether oxygens (including phenoxy) is 2. The van der Waals surface area contributed by atoms with Crippen molar-refractivity contribution in [1.82, 2.24) is 0 Å². The Kier molecular flexibility index (Phi) is 2.90. The Bertz CT molecular complexity index is 263. The molecule has 0 N–H and O–H groups in total. The Morgan fingerprint density at radius 2 is 2.21 bits per heavy atom. The Labute approximate surface area is 92.8 Å². The molecule has 3 atom stereocenters. The summed E-state index contributed by atoms with van der Waals surface area (Å²) in [5.74, 6) is 0.713. The lowest BCUT2D eigenvalue weighted by Crippen LogP contribution is -2.33. The Balaban J connectivity index is 2.17. The van der Waals surface area contributed by atoms with Crippen LogP contribution in [0.5, 0.6) is 0 Å². The third-order valence-corrected chi connectivity index (χ3v) is 6.02. The van der Waals surface area contributed by atoms with Crippen molar-refractivity contribution in [2.45, 2.75) is 31.8 Å². The van der Waals surface area contributed by atoms with Gasteiger partial charge in [-0.1, -0.05) is 11.8 Å². The highest BCUT2D eigenvalue weighted by Gasteiger charge is 2.47. The molecule has 2 aliphatic rings. The minimum absolute atomic E-state index is 0.177. The summed E-state index contributed by atoms with van der Waals surface area (Å²) in [6, 6.07) is 0. The summed E-state index contributed by atoms with van der Waals surface area (Å²) in [5, 5.41) is 0. The van der Waals surface area contributed by atoms with Crippen molar-refractivity contribution in [3.05, 3.63) is 10.3 Å². The van der Waals surface area contributed by atoms with E-state index in [1.54, 1.807) is 0 Å². The van der Waals surface area contributed by atoms with Crippen molar-refractivity contribution in [1.29, 1.82) is 0 Å². The molecule has 0 aromatic rings. The molecule has 2 aliphatic heterocycles. The van der Waals surface area contributed by atoms with E-state index in [0.29, 0.717) is 10.9 Å². The van der Waals surface area contributed by atoms with E-state index in [1.807, 2.05) is 25.6 Å². The third kappa shape index (κ3) is 1.98. The zero-order valence-electron chi connectivity index (χ0n) is 9.07. The van der Waals surface area contributed by atoms with Crippen molar-refractivity contribution >= 4 is 22.7 Å². The van der Waals surface area contributed by atoms with Gasteiger partial charge in [0.2, 0.25) is 0 Å². The van der Waals surface area contributed by atoms with Crippen molar-refractivity contribution in [2.75, 3.05) is 18.3 Å². The maximum absolute atomic E-state index is 5.85. The highest BCUT2D eigenvalue weighted by molar-refractivity contribution is 8.20. The van der Waals surface area contributed by atoms with E-state index in [-0.39, 0.29) is 12.2 Å². The molecule has 14 heavy (non-hydrogen) atoms. The van der Waals surface area contributed by atoms with Gasteiger partial charge in [-0.15, -0.1) is 0 Å². The predicted octanol–water partition coefficient (Wildman–Crippen LogP) is 1.97. The normalized spacial score (nSPS) is 40.6. The first-order valence-corrected chi connectivity index (χ1v) is 7.78. The number of hydrogen-bond acceptors (Lipinski definition) is 3. The number of thioether (sulfide) groups is 1. The highest BCUT2D eigenvalue weighted by atomic mass is 32.2. The molecular weight excluding hydrogens is 216 g/mol. The average molecular weight is 233 g/mol. The molecule has 2 nitrogen and oxygen atoms in total. The molecule has 4 heteroatoms. The molecule has 1 saturated heterocycles. The van der Waals surface area contributed by atoms with E-state index < -0.39 is 5.79 Å². The minimum atomic E-state index is -0.399.